The Labute approximate surface area is 174 Å². The number of aliphatic hydroxyl groups excluding tert-OH is 1. The first-order valence-corrected chi connectivity index (χ1v) is 8.33. The third-order valence-corrected chi connectivity index (χ3v) is 2.46. The first-order valence-electron chi connectivity index (χ1n) is 8.33. The number of hydrogen-bond acceptors (Lipinski definition) is 1. The van der Waals surface area contributed by atoms with Gasteiger partial charge in [0.1, 0.15) is 0 Å². The summed E-state index contributed by atoms with van der Waals surface area (Å²) >= 11 is 0. The maximum Gasteiger partial charge on any atom is 0.0112 e. The number of hydrogen-bond donors (Lipinski definition) is 1. The van der Waals surface area contributed by atoms with Crippen LogP contribution in [0.25, 0.3) is 5.32 Å². The van der Waals surface area contributed by atoms with Gasteiger partial charge in [0.05, 0.1) is 0 Å². The molecule has 23 heavy (non-hydrogen) atoms. The molecule has 0 radical (unpaired) electrons. The molecule has 0 bridgehead atoms. The Morgan fingerprint density at radius 2 is 1.30 bits per heavy atom. The molecule has 2 rings (SSSR count). The molecule has 0 fully saturated rings. The fourth-order valence-corrected chi connectivity index (χ4v) is 1.82. The molecular formula is C19H36NOW2-. The fraction of sp³-hybridized carbons (Fsp3) is 0.579. The first-order chi connectivity index (χ1) is 10.1. The maximum atomic E-state index is 9.39. The number of rotatable bonds is 0. The van der Waals surface area contributed by atoms with Crippen LogP contribution in [0.3, 0.4) is 0 Å². The van der Waals surface area contributed by atoms with E-state index in [1.165, 1.54) is 0 Å². The van der Waals surface area contributed by atoms with E-state index in [4.69, 9.17) is 0 Å². The summed E-state index contributed by atoms with van der Waals surface area (Å²) in [6.07, 6.45) is 9.68. The second-order valence-corrected chi connectivity index (χ2v) is 3.58. The third-order valence-electron chi connectivity index (χ3n) is 2.46. The Bertz CT molecular complexity index is 372. The predicted octanol–water partition coefficient (Wildman–Crippen LogP) is 7.07. The van der Waals surface area contributed by atoms with Crippen LogP contribution < -0.4 is 0 Å². The SMILES string of the molecule is CC.CC.CC.CC.CC1=C2C=CC=CC2(C)[N-]C(O)=C1.[W].[W]. The summed E-state index contributed by atoms with van der Waals surface area (Å²) in [6.45, 7) is 20.0. The summed E-state index contributed by atoms with van der Waals surface area (Å²) in [5.74, 6) is 0.115. The number of fused-ring (bicyclic) bond motifs is 1. The molecule has 2 nitrogen and oxygen atoms in total. The van der Waals surface area contributed by atoms with Crippen molar-refractivity contribution >= 4 is 0 Å². The molecule has 0 saturated heterocycles. The third kappa shape index (κ3) is 12.0. The molecule has 0 saturated carbocycles. The van der Waals surface area contributed by atoms with Crippen LogP contribution in [-0.4, -0.2) is 10.6 Å². The summed E-state index contributed by atoms with van der Waals surface area (Å²) in [7, 11) is 0. The molecule has 1 atom stereocenters. The molecule has 4 heteroatoms. The minimum absolute atomic E-state index is 0. The van der Waals surface area contributed by atoms with Gasteiger partial charge in [0.2, 0.25) is 0 Å². The van der Waals surface area contributed by atoms with Crippen molar-refractivity contribution in [3.05, 3.63) is 52.7 Å². The van der Waals surface area contributed by atoms with Gasteiger partial charge >= 0.3 is 0 Å². The van der Waals surface area contributed by atoms with Crippen LogP contribution in [0, 0.1) is 0 Å². The van der Waals surface area contributed by atoms with Gasteiger partial charge in [0.15, 0.2) is 0 Å². The second-order valence-electron chi connectivity index (χ2n) is 3.58. The van der Waals surface area contributed by atoms with Crippen molar-refractivity contribution in [3.8, 4) is 0 Å². The standard InChI is InChI=1S/C11H12NO.4C2H6.2W/c1-8-7-10(13)12-11(2)6-4-3-5-9(8)11;4*1-2;;/h3-7,13H,1-2H3;4*1-2H3;;/q-1;;;;;;. The molecule has 1 heterocycles. The molecule has 0 aromatic carbocycles. The average Bonchev–Trinajstić information content (AvgIpc) is 2.54. The summed E-state index contributed by atoms with van der Waals surface area (Å²) in [5, 5.41) is 13.6. The van der Waals surface area contributed by atoms with E-state index in [2.05, 4.69) is 5.32 Å². The molecular weight excluding hydrogens is 626 g/mol. The van der Waals surface area contributed by atoms with Crippen LogP contribution >= 0.6 is 0 Å². The Morgan fingerprint density at radius 1 is 0.870 bits per heavy atom. The molecule has 2 aliphatic rings. The van der Waals surface area contributed by atoms with Gasteiger partial charge in [-0.3, -0.25) is 0 Å². The monoisotopic (exact) mass is 662 g/mol. The Balaban J connectivity index is -0.0000000954. The maximum absolute atomic E-state index is 9.39. The molecule has 0 aromatic rings. The van der Waals surface area contributed by atoms with Gasteiger partial charge in [-0.25, -0.2) is 0 Å². The molecule has 1 aliphatic carbocycles. The zero-order valence-corrected chi connectivity index (χ0v) is 22.5. The average molecular weight is 662 g/mol. The largest absolute Gasteiger partial charge is 0.642 e. The van der Waals surface area contributed by atoms with E-state index in [-0.39, 0.29) is 53.6 Å². The van der Waals surface area contributed by atoms with Crippen LogP contribution in [0.2, 0.25) is 0 Å². The quantitative estimate of drug-likeness (QED) is 0.296. The first kappa shape index (κ1) is 34.3. The summed E-state index contributed by atoms with van der Waals surface area (Å²) in [4.78, 5) is 0. The van der Waals surface area contributed by atoms with Crippen molar-refractivity contribution < 1.29 is 47.2 Å². The molecule has 136 valence electrons. The van der Waals surface area contributed by atoms with E-state index >= 15 is 0 Å². The van der Waals surface area contributed by atoms with Gasteiger partial charge in [-0.2, -0.15) is 0 Å². The summed E-state index contributed by atoms with van der Waals surface area (Å²) < 4.78 is 0. The van der Waals surface area contributed by atoms with Crippen LogP contribution in [0.4, 0.5) is 0 Å². The molecule has 0 aromatic heterocycles. The summed E-state index contributed by atoms with van der Waals surface area (Å²) in [5.41, 5.74) is 1.88. The zero-order chi connectivity index (χ0) is 17.5. The molecule has 0 amide bonds. The molecule has 1 aliphatic heterocycles. The summed E-state index contributed by atoms with van der Waals surface area (Å²) in [6, 6.07) is 0. The Kier molecular flexibility index (Phi) is 32.7. The van der Waals surface area contributed by atoms with Crippen molar-refractivity contribution in [1.29, 1.82) is 0 Å². The minimum atomic E-state index is -0.363. The minimum Gasteiger partial charge on any atom is -0.642 e. The molecule has 0 spiro atoms. The van der Waals surface area contributed by atoms with Crippen molar-refractivity contribution in [2.45, 2.75) is 74.8 Å². The van der Waals surface area contributed by atoms with Crippen LogP contribution in [0.1, 0.15) is 69.2 Å². The van der Waals surface area contributed by atoms with Crippen molar-refractivity contribution in [2.24, 2.45) is 0 Å². The van der Waals surface area contributed by atoms with Gasteiger partial charge < -0.3 is 10.4 Å². The molecule has 1 unspecified atom stereocenters. The number of aliphatic hydroxyl groups is 1. The Hall–Kier alpha value is -0.0634. The number of nitrogens with zero attached hydrogens (tertiary/aromatic N) is 1. The van der Waals surface area contributed by atoms with Crippen LogP contribution in [0.15, 0.2) is 47.4 Å². The predicted molar refractivity (Wildman–Crippen MR) is 98.8 cm³/mol. The van der Waals surface area contributed by atoms with Gasteiger partial charge in [-0.1, -0.05) is 97.7 Å². The smallest absolute Gasteiger partial charge is 0.0112 e. The van der Waals surface area contributed by atoms with Gasteiger partial charge in [0, 0.05) is 48.0 Å². The van der Waals surface area contributed by atoms with Crippen molar-refractivity contribution in [2.75, 3.05) is 0 Å². The number of allylic oxidation sites excluding steroid dienone is 4. The topological polar surface area (TPSA) is 34.3 Å². The van der Waals surface area contributed by atoms with Crippen molar-refractivity contribution in [1.82, 2.24) is 0 Å². The molecule has 1 N–H and O–H groups in total. The van der Waals surface area contributed by atoms with Gasteiger partial charge in [-0.15, -0.1) is 0 Å². The van der Waals surface area contributed by atoms with E-state index in [0.717, 1.165) is 11.1 Å². The van der Waals surface area contributed by atoms with E-state index in [1.807, 2.05) is 93.5 Å². The van der Waals surface area contributed by atoms with Crippen LogP contribution in [-0.2, 0) is 42.1 Å². The normalized spacial score (nSPS) is 18.6. The second kappa shape index (κ2) is 21.9. The van der Waals surface area contributed by atoms with Gasteiger partial charge in [0.25, 0.3) is 0 Å². The van der Waals surface area contributed by atoms with Crippen molar-refractivity contribution in [3.63, 3.8) is 0 Å². The van der Waals surface area contributed by atoms with E-state index in [1.54, 1.807) is 6.08 Å². The Morgan fingerprint density at radius 3 is 1.74 bits per heavy atom. The van der Waals surface area contributed by atoms with E-state index < -0.39 is 0 Å². The zero-order valence-electron chi connectivity index (χ0n) is 16.6. The fourth-order valence-electron chi connectivity index (χ4n) is 1.82. The van der Waals surface area contributed by atoms with E-state index in [0.29, 0.717) is 0 Å². The van der Waals surface area contributed by atoms with Crippen LogP contribution in [0.5, 0.6) is 0 Å². The van der Waals surface area contributed by atoms with Gasteiger partial charge in [-0.05, 0) is 18.6 Å². The van der Waals surface area contributed by atoms with E-state index in [9.17, 15) is 5.11 Å².